The van der Waals surface area contributed by atoms with Gasteiger partial charge in [0.05, 0.1) is 5.69 Å². The van der Waals surface area contributed by atoms with Crippen molar-refractivity contribution in [1.29, 1.82) is 0 Å². The summed E-state index contributed by atoms with van der Waals surface area (Å²) in [5.74, 6) is 1.66. The van der Waals surface area contributed by atoms with Crippen LogP contribution in [0.1, 0.15) is 30.5 Å². The smallest absolute Gasteiger partial charge is 0.203 e. The van der Waals surface area contributed by atoms with Gasteiger partial charge in [-0.2, -0.15) is 0 Å². The summed E-state index contributed by atoms with van der Waals surface area (Å²) in [7, 11) is 0. The van der Waals surface area contributed by atoms with E-state index in [2.05, 4.69) is 58.3 Å². The van der Waals surface area contributed by atoms with Gasteiger partial charge in [-0.05, 0) is 25.8 Å². The van der Waals surface area contributed by atoms with Crippen molar-refractivity contribution in [1.82, 2.24) is 9.55 Å². The highest BCUT2D eigenvalue weighted by molar-refractivity contribution is 5.38. The lowest BCUT2D eigenvalue weighted by Crippen LogP contribution is -2.09. The van der Waals surface area contributed by atoms with Gasteiger partial charge in [-0.1, -0.05) is 30.3 Å². The number of hydrogen-bond donors (Lipinski definition) is 1. The van der Waals surface area contributed by atoms with Gasteiger partial charge < -0.3 is 9.88 Å². The molecule has 0 bridgehead atoms. The van der Waals surface area contributed by atoms with Crippen LogP contribution in [0.3, 0.4) is 0 Å². The first-order valence-electron chi connectivity index (χ1n) is 6.63. The molecule has 0 amide bonds. The monoisotopic (exact) mass is 241 g/mol. The van der Waals surface area contributed by atoms with Crippen LogP contribution in [0, 0.1) is 6.92 Å². The lowest BCUT2D eigenvalue weighted by atomic mass is 10.1. The number of anilines is 1. The first-order valence-corrected chi connectivity index (χ1v) is 6.63. The van der Waals surface area contributed by atoms with Crippen LogP contribution in [-0.4, -0.2) is 15.6 Å². The van der Waals surface area contributed by atoms with Gasteiger partial charge in [0.25, 0.3) is 0 Å². The predicted molar refractivity (Wildman–Crippen MR) is 73.8 cm³/mol. The zero-order chi connectivity index (χ0) is 12.5. The highest BCUT2D eigenvalue weighted by atomic mass is 15.2. The molecule has 1 aliphatic carbocycles. The summed E-state index contributed by atoms with van der Waals surface area (Å²) in [6, 6.07) is 11.3. The highest BCUT2D eigenvalue weighted by Gasteiger charge is 2.38. The van der Waals surface area contributed by atoms with Crippen molar-refractivity contribution in [2.75, 3.05) is 5.32 Å². The maximum atomic E-state index is 4.54. The molecular weight excluding hydrogens is 222 g/mol. The first-order chi connectivity index (χ1) is 8.78. The Bertz CT molecular complexity index is 530. The van der Waals surface area contributed by atoms with Crippen LogP contribution < -0.4 is 5.32 Å². The van der Waals surface area contributed by atoms with Gasteiger partial charge in [0.2, 0.25) is 5.95 Å². The fourth-order valence-corrected chi connectivity index (χ4v) is 2.49. The largest absolute Gasteiger partial charge is 0.352 e. The second kappa shape index (κ2) is 4.48. The van der Waals surface area contributed by atoms with E-state index in [9.17, 15) is 0 Å². The van der Waals surface area contributed by atoms with Gasteiger partial charge in [-0.3, -0.25) is 0 Å². The van der Waals surface area contributed by atoms with Crippen LogP contribution in [0.2, 0.25) is 0 Å². The van der Waals surface area contributed by atoms with Crippen molar-refractivity contribution >= 4 is 5.95 Å². The Kier molecular flexibility index (Phi) is 2.82. The van der Waals surface area contributed by atoms with Crippen molar-refractivity contribution in [3.8, 4) is 0 Å². The van der Waals surface area contributed by atoms with Crippen LogP contribution in [-0.2, 0) is 6.54 Å². The number of benzene rings is 1. The molecule has 1 heterocycles. The molecule has 1 aromatic carbocycles. The number of aromatic nitrogens is 2. The zero-order valence-corrected chi connectivity index (χ0v) is 10.9. The van der Waals surface area contributed by atoms with E-state index < -0.39 is 0 Å². The summed E-state index contributed by atoms with van der Waals surface area (Å²) in [5, 5.41) is 3.56. The molecule has 1 saturated carbocycles. The molecule has 2 unspecified atom stereocenters. The van der Waals surface area contributed by atoms with E-state index in [0.717, 1.165) is 18.2 Å². The summed E-state index contributed by atoms with van der Waals surface area (Å²) in [4.78, 5) is 4.54. The molecule has 18 heavy (non-hydrogen) atoms. The Hall–Kier alpha value is -1.77. The molecule has 94 valence electrons. The van der Waals surface area contributed by atoms with Crippen LogP contribution >= 0.6 is 0 Å². The average Bonchev–Trinajstić information content (AvgIpc) is 3.06. The third-order valence-corrected chi connectivity index (χ3v) is 3.57. The van der Waals surface area contributed by atoms with E-state index in [1.807, 2.05) is 6.92 Å². The van der Waals surface area contributed by atoms with Crippen molar-refractivity contribution in [2.45, 2.75) is 38.8 Å². The van der Waals surface area contributed by atoms with Crippen molar-refractivity contribution in [3.63, 3.8) is 0 Å². The molecule has 1 fully saturated rings. The lowest BCUT2D eigenvalue weighted by molar-refractivity contribution is 0.761. The Morgan fingerprint density at radius 2 is 2.11 bits per heavy atom. The summed E-state index contributed by atoms with van der Waals surface area (Å²) in [6.45, 7) is 5.15. The number of hydrogen-bond acceptors (Lipinski definition) is 2. The van der Waals surface area contributed by atoms with Gasteiger partial charge in [0.1, 0.15) is 0 Å². The average molecular weight is 241 g/mol. The summed E-state index contributed by atoms with van der Waals surface area (Å²) in [6.07, 6.45) is 3.31. The minimum atomic E-state index is 0.541. The van der Waals surface area contributed by atoms with Gasteiger partial charge >= 0.3 is 0 Å². The van der Waals surface area contributed by atoms with E-state index in [-0.39, 0.29) is 0 Å². The summed E-state index contributed by atoms with van der Waals surface area (Å²) < 4.78 is 2.18. The van der Waals surface area contributed by atoms with Crippen molar-refractivity contribution in [2.24, 2.45) is 0 Å². The van der Waals surface area contributed by atoms with Gasteiger partial charge in [0.15, 0.2) is 0 Å². The molecule has 2 atom stereocenters. The third kappa shape index (κ3) is 2.13. The topological polar surface area (TPSA) is 29.9 Å². The molecule has 0 spiro atoms. The quantitative estimate of drug-likeness (QED) is 0.891. The van der Waals surface area contributed by atoms with E-state index >= 15 is 0 Å². The second-order valence-corrected chi connectivity index (χ2v) is 5.00. The molecule has 0 radical (unpaired) electrons. The lowest BCUT2D eigenvalue weighted by Gasteiger charge is -2.07. The predicted octanol–water partition coefficient (Wildman–Crippen LogP) is 3.18. The Morgan fingerprint density at radius 1 is 1.33 bits per heavy atom. The molecule has 1 aliphatic rings. The third-order valence-electron chi connectivity index (χ3n) is 3.57. The Labute approximate surface area is 108 Å². The minimum absolute atomic E-state index is 0.541. The maximum absolute atomic E-state index is 4.54. The van der Waals surface area contributed by atoms with Crippen molar-refractivity contribution in [3.05, 3.63) is 47.8 Å². The molecular formula is C15H19N3. The molecule has 1 aromatic heterocycles. The molecule has 1 N–H and O–H groups in total. The van der Waals surface area contributed by atoms with Crippen LogP contribution in [0.4, 0.5) is 5.95 Å². The molecule has 3 nitrogen and oxygen atoms in total. The van der Waals surface area contributed by atoms with E-state index in [1.165, 1.54) is 12.0 Å². The Morgan fingerprint density at radius 3 is 2.83 bits per heavy atom. The van der Waals surface area contributed by atoms with E-state index in [4.69, 9.17) is 0 Å². The number of nitrogens with zero attached hydrogens (tertiary/aromatic N) is 2. The maximum Gasteiger partial charge on any atom is 0.203 e. The first kappa shape index (κ1) is 11.3. The number of imidazole rings is 1. The number of aryl methyl sites for hydroxylation is 2. The number of nitrogens with one attached hydrogen (secondary N) is 1. The summed E-state index contributed by atoms with van der Waals surface area (Å²) >= 11 is 0. The zero-order valence-electron chi connectivity index (χ0n) is 10.9. The van der Waals surface area contributed by atoms with Gasteiger partial charge in [-0.25, -0.2) is 4.98 Å². The fourth-order valence-electron chi connectivity index (χ4n) is 2.49. The number of rotatable bonds is 4. The van der Waals surface area contributed by atoms with Crippen LogP contribution in [0.25, 0.3) is 0 Å². The highest BCUT2D eigenvalue weighted by Crippen LogP contribution is 2.42. The summed E-state index contributed by atoms with van der Waals surface area (Å²) in [5.41, 5.74) is 2.51. The van der Waals surface area contributed by atoms with Crippen molar-refractivity contribution < 1.29 is 0 Å². The van der Waals surface area contributed by atoms with Gasteiger partial charge in [0, 0.05) is 24.7 Å². The minimum Gasteiger partial charge on any atom is -0.352 e. The SMILES string of the molecule is CCn1cc(C)nc1NC1CC1c1ccccc1. The second-order valence-electron chi connectivity index (χ2n) is 5.00. The molecule has 3 heteroatoms. The molecule has 2 aromatic rings. The van der Waals surface area contributed by atoms with Crippen LogP contribution in [0.5, 0.6) is 0 Å². The van der Waals surface area contributed by atoms with Gasteiger partial charge in [-0.15, -0.1) is 0 Å². The van der Waals surface area contributed by atoms with E-state index in [0.29, 0.717) is 12.0 Å². The Balaban J connectivity index is 1.69. The molecule has 0 saturated heterocycles. The molecule has 0 aliphatic heterocycles. The van der Waals surface area contributed by atoms with Crippen LogP contribution in [0.15, 0.2) is 36.5 Å². The standard InChI is InChI=1S/C15H19N3/c1-3-18-10-11(2)16-15(18)17-14-9-13(14)12-7-5-4-6-8-12/h4-8,10,13-14H,3,9H2,1-2H3,(H,16,17). The fraction of sp³-hybridized carbons (Fsp3) is 0.400. The van der Waals surface area contributed by atoms with E-state index in [1.54, 1.807) is 0 Å². The normalized spacial score (nSPS) is 21.9. The molecule has 3 rings (SSSR count).